The molecule has 0 atom stereocenters. The normalized spacial score (nSPS) is 15.2. The SMILES string of the molecule is COc1ccc(S(=O)(=O)N(C)CCc2ccccc2)cc1N1CCN(S(=O)(=O)c2cccc(C)c2)CC1. The summed E-state index contributed by atoms with van der Waals surface area (Å²) < 4.78 is 61.3. The standard InChI is InChI=1S/C27H33N3O5S2/c1-22-8-7-11-24(20-22)37(33,34)30-18-16-29(17-19-30)26-21-25(12-13-27(26)35-3)36(31,32)28(2)15-14-23-9-5-4-6-10-23/h4-13,20-21H,14-19H2,1-3H3. The molecule has 1 saturated heterocycles. The Morgan fingerprint density at radius 1 is 0.838 bits per heavy atom. The number of ether oxygens (including phenoxy) is 1. The molecule has 0 amide bonds. The van der Waals surface area contributed by atoms with Crippen LogP contribution in [0.1, 0.15) is 11.1 Å². The number of methoxy groups -OCH3 is 1. The quantitative estimate of drug-likeness (QED) is 0.411. The lowest BCUT2D eigenvalue weighted by Crippen LogP contribution is -2.48. The van der Waals surface area contributed by atoms with Crippen molar-refractivity contribution in [2.45, 2.75) is 23.1 Å². The van der Waals surface area contributed by atoms with Gasteiger partial charge in [-0.2, -0.15) is 4.31 Å². The number of hydrogen-bond donors (Lipinski definition) is 0. The van der Waals surface area contributed by atoms with E-state index in [2.05, 4.69) is 0 Å². The average molecular weight is 544 g/mol. The van der Waals surface area contributed by atoms with Gasteiger partial charge < -0.3 is 9.64 Å². The van der Waals surface area contributed by atoms with Gasteiger partial charge in [-0.05, 0) is 54.8 Å². The molecule has 10 heteroatoms. The summed E-state index contributed by atoms with van der Waals surface area (Å²) >= 11 is 0. The molecule has 1 fully saturated rings. The van der Waals surface area contributed by atoms with Crippen molar-refractivity contribution >= 4 is 25.7 Å². The van der Waals surface area contributed by atoms with Gasteiger partial charge in [0.15, 0.2) is 0 Å². The summed E-state index contributed by atoms with van der Waals surface area (Å²) in [5, 5.41) is 0. The summed E-state index contributed by atoms with van der Waals surface area (Å²) in [5.74, 6) is 0.542. The Morgan fingerprint density at radius 3 is 2.19 bits per heavy atom. The largest absolute Gasteiger partial charge is 0.495 e. The first-order chi connectivity index (χ1) is 17.6. The Morgan fingerprint density at radius 2 is 1.54 bits per heavy atom. The van der Waals surface area contributed by atoms with E-state index in [4.69, 9.17) is 4.74 Å². The number of hydrogen-bond acceptors (Lipinski definition) is 6. The van der Waals surface area contributed by atoms with Gasteiger partial charge in [0.05, 0.1) is 22.6 Å². The summed E-state index contributed by atoms with van der Waals surface area (Å²) in [6.45, 7) is 3.61. The minimum Gasteiger partial charge on any atom is -0.495 e. The van der Waals surface area contributed by atoms with Crippen LogP contribution in [0.3, 0.4) is 0 Å². The van der Waals surface area contributed by atoms with E-state index in [-0.39, 0.29) is 22.9 Å². The van der Waals surface area contributed by atoms with Gasteiger partial charge in [0.25, 0.3) is 0 Å². The van der Waals surface area contributed by atoms with Crippen molar-refractivity contribution in [1.29, 1.82) is 0 Å². The van der Waals surface area contributed by atoms with Gasteiger partial charge in [0.1, 0.15) is 5.75 Å². The molecule has 0 bridgehead atoms. The highest BCUT2D eigenvalue weighted by atomic mass is 32.2. The van der Waals surface area contributed by atoms with Crippen LogP contribution < -0.4 is 9.64 Å². The van der Waals surface area contributed by atoms with Gasteiger partial charge >= 0.3 is 0 Å². The van der Waals surface area contributed by atoms with E-state index in [0.717, 1.165) is 11.1 Å². The molecule has 1 aliphatic heterocycles. The predicted octanol–water partition coefficient (Wildman–Crippen LogP) is 3.38. The molecule has 3 aromatic rings. The third kappa shape index (κ3) is 5.98. The molecule has 0 radical (unpaired) electrons. The number of likely N-dealkylation sites (N-methyl/N-ethyl adjacent to an activating group) is 1. The van der Waals surface area contributed by atoms with Crippen LogP contribution in [-0.4, -0.2) is 72.3 Å². The van der Waals surface area contributed by atoms with Crippen molar-refractivity contribution in [3.63, 3.8) is 0 Å². The number of piperazine rings is 1. The number of anilines is 1. The molecule has 0 aromatic heterocycles. The number of benzene rings is 3. The number of aryl methyl sites for hydroxylation is 1. The van der Waals surface area contributed by atoms with Crippen LogP contribution in [0.2, 0.25) is 0 Å². The fourth-order valence-corrected chi connectivity index (χ4v) is 7.12. The van der Waals surface area contributed by atoms with Crippen molar-refractivity contribution in [2.75, 3.05) is 51.8 Å². The Hall–Kier alpha value is -2.92. The van der Waals surface area contributed by atoms with Crippen LogP contribution in [0.15, 0.2) is 82.6 Å². The molecule has 1 aliphatic rings. The molecule has 3 aromatic carbocycles. The van der Waals surface area contributed by atoms with Crippen molar-refractivity contribution in [3.05, 3.63) is 83.9 Å². The van der Waals surface area contributed by atoms with E-state index < -0.39 is 20.0 Å². The predicted molar refractivity (Wildman–Crippen MR) is 145 cm³/mol. The molecule has 0 N–H and O–H groups in total. The number of sulfonamides is 2. The zero-order valence-electron chi connectivity index (χ0n) is 21.4. The maximum atomic E-state index is 13.3. The Balaban J connectivity index is 1.50. The first-order valence-corrected chi connectivity index (χ1v) is 15.0. The summed E-state index contributed by atoms with van der Waals surface area (Å²) in [4.78, 5) is 2.43. The molecule has 1 heterocycles. The smallest absolute Gasteiger partial charge is 0.243 e. The first kappa shape index (κ1) is 27.1. The number of nitrogens with zero attached hydrogens (tertiary/aromatic N) is 3. The second kappa shape index (κ2) is 11.2. The Kier molecular flexibility index (Phi) is 8.23. The molecule has 0 spiro atoms. The lowest BCUT2D eigenvalue weighted by molar-refractivity contribution is 0.378. The maximum absolute atomic E-state index is 13.3. The lowest BCUT2D eigenvalue weighted by atomic mass is 10.2. The second-order valence-corrected chi connectivity index (χ2v) is 13.1. The summed E-state index contributed by atoms with van der Waals surface area (Å²) in [7, 11) is -4.21. The van der Waals surface area contributed by atoms with E-state index in [1.54, 1.807) is 43.4 Å². The van der Waals surface area contributed by atoms with E-state index >= 15 is 0 Å². The van der Waals surface area contributed by atoms with Crippen LogP contribution >= 0.6 is 0 Å². The maximum Gasteiger partial charge on any atom is 0.243 e. The van der Waals surface area contributed by atoms with Gasteiger partial charge in [-0.25, -0.2) is 21.1 Å². The van der Waals surface area contributed by atoms with E-state index in [1.807, 2.05) is 48.2 Å². The van der Waals surface area contributed by atoms with Crippen LogP contribution in [0, 0.1) is 6.92 Å². The molecule has 8 nitrogen and oxygen atoms in total. The van der Waals surface area contributed by atoms with Gasteiger partial charge in [0, 0.05) is 39.8 Å². The van der Waals surface area contributed by atoms with Crippen molar-refractivity contribution in [3.8, 4) is 5.75 Å². The van der Waals surface area contributed by atoms with Gasteiger partial charge in [-0.3, -0.25) is 0 Å². The fraction of sp³-hybridized carbons (Fsp3) is 0.333. The minimum atomic E-state index is -3.72. The molecule has 0 saturated carbocycles. The highest BCUT2D eigenvalue weighted by Gasteiger charge is 2.30. The average Bonchev–Trinajstić information content (AvgIpc) is 2.92. The highest BCUT2D eigenvalue weighted by molar-refractivity contribution is 7.89. The zero-order valence-corrected chi connectivity index (χ0v) is 23.0. The van der Waals surface area contributed by atoms with Crippen molar-refractivity contribution < 1.29 is 21.6 Å². The van der Waals surface area contributed by atoms with E-state index in [0.29, 0.717) is 37.5 Å². The molecule has 0 aliphatic carbocycles. The van der Waals surface area contributed by atoms with Crippen LogP contribution in [0.4, 0.5) is 5.69 Å². The first-order valence-electron chi connectivity index (χ1n) is 12.1. The third-order valence-corrected chi connectivity index (χ3v) is 10.4. The van der Waals surface area contributed by atoms with Gasteiger partial charge in [-0.1, -0.05) is 42.5 Å². The summed E-state index contributed by atoms with van der Waals surface area (Å²) in [5.41, 5.74) is 2.59. The van der Waals surface area contributed by atoms with Crippen molar-refractivity contribution in [2.24, 2.45) is 0 Å². The zero-order chi connectivity index (χ0) is 26.6. The van der Waals surface area contributed by atoms with E-state index in [9.17, 15) is 16.8 Å². The molecule has 4 rings (SSSR count). The van der Waals surface area contributed by atoms with Crippen LogP contribution in [0.5, 0.6) is 5.75 Å². The van der Waals surface area contributed by atoms with Gasteiger partial charge in [-0.15, -0.1) is 0 Å². The Bertz CT molecular complexity index is 1440. The van der Waals surface area contributed by atoms with Crippen LogP contribution in [0.25, 0.3) is 0 Å². The molecule has 37 heavy (non-hydrogen) atoms. The second-order valence-electron chi connectivity index (χ2n) is 9.10. The topological polar surface area (TPSA) is 87.2 Å². The summed E-state index contributed by atoms with van der Waals surface area (Å²) in [6, 6.07) is 21.5. The van der Waals surface area contributed by atoms with Crippen molar-refractivity contribution in [1.82, 2.24) is 8.61 Å². The molecular weight excluding hydrogens is 510 g/mol. The third-order valence-electron chi connectivity index (χ3n) is 6.62. The number of rotatable bonds is 9. The fourth-order valence-electron chi connectivity index (χ4n) is 4.40. The van der Waals surface area contributed by atoms with Crippen LogP contribution in [-0.2, 0) is 26.5 Å². The highest BCUT2D eigenvalue weighted by Crippen LogP contribution is 2.33. The molecule has 198 valence electrons. The minimum absolute atomic E-state index is 0.175. The van der Waals surface area contributed by atoms with E-state index in [1.165, 1.54) is 15.7 Å². The Labute approximate surface area is 220 Å². The lowest BCUT2D eigenvalue weighted by Gasteiger charge is -2.36. The molecular formula is C27H33N3O5S2. The summed E-state index contributed by atoms with van der Waals surface area (Å²) in [6.07, 6.45) is 0.608. The van der Waals surface area contributed by atoms with Gasteiger partial charge in [0.2, 0.25) is 20.0 Å². The monoisotopic (exact) mass is 543 g/mol. The molecule has 0 unspecified atom stereocenters.